The Kier molecular flexibility index (Phi) is 5.67. The summed E-state index contributed by atoms with van der Waals surface area (Å²) in [6.07, 6.45) is -0.568. The van der Waals surface area contributed by atoms with Crippen molar-refractivity contribution in [2.24, 2.45) is 0 Å². The highest BCUT2D eigenvalue weighted by atomic mass is 32.1. The molecule has 132 valence electrons. The van der Waals surface area contributed by atoms with Gasteiger partial charge in [-0.3, -0.25) is 9.59 Å². The van der Waals surface area contributed by atoms with E-state index in [1.165, 1.54) is 0 Å². The summed E-state index contributed by atoms with van der Waals surface area (Å²) in [6.45, 7) is 1.55. The van der Waals surface area contributed by atoms with E-state index in [1.54, 1.807) is 34.4 Å². The van der Waals surface area contributed by atoms with Crippen molar-refractivity contribution in [3.8, 4) is 5.75 Å². The second-order valence-corrected chi connectivity index (χ2v) is 6.77. The zero-order valence-electron chi connectivity index (χ0n) is 13.6. The normalized spacial score (nSPS) is 17.3. The maximum atomic E-state index is 12.7. The summed E-state index contributed by atoms with van der Waals surface area (Å²) < 4.78 is 11.1. The van der Waals surface area contributed by atoms with Gasteiger partial charge in [-0.15, -0.1) is 11.3 Å². The molecule has 1 aliphatic rings. The average molecular weight is 361 g/mol. The number of nitrogens with zero attached hydrogens (tertiary/aromatic N) is 1. The second kappa shape index (κ2) is 8.13. The first-order valence-electron chi connectivity index (χ1n) is 8.00. The zero-order valence-corrected chi connectivity index (χ0v) is 14.4. The van der Waals surface area contributed by atoms with Gasteiger partial charge in [0.05, 0.1) is 19.1 Å². The Labute approximate surface area is 149 Å². The number of rotatable bonds is 6. The minimum atomic E-state index is -0.928. The van der Waals surface area contributed by atoms with Gasteiger partial charge in [0, 0.05) is 23.5 Å². The number of benzene rings is 1. The molecule has 1 aromatic heterocycles. The first-order valence-corrected chi connectivity index (χ1v) is 8.87. The Hall–Kier alpha value is -2.38. The van der Waals surface area contributed by atoms with Crippen LogP contribution in [0.4, 0.5) is 0 Å². The molecule has 2 heterocycles. The first kappa shape index (κ1) is 17.4. The SMILES string of the molecule is O=C(O)C[C@@H]1CN(C(=O)c2cccc(OCc3cccs3)c2)CCO1. The standard InChI is InChI=1S/C18H19NO5S/c20-17(21)10-15-11-19(6-7-23-15)18(22)13-3-1-4-14(9-13)24-12-16-5-2-8-25-16/h1-5,8-9,15H,6-7,10-12H2,(H,20,21)/t15-/m1/s1. The monoisotopic (exact) mass is 361 g/mol. The Balaban J connectivity index is 1.63. The van der Waals surface area contributed by atoms with Crippen LogP contribution in [-0.4, -0.2) is 47.7 Å². The molecule has 7 heteroatoms. The smallest absolute Gasteiger partial charge is 0.306 e. The van der Waals surface area contributed by atoms with Crippen LogP contribution < -0.4 is 4.74 Å². The fourth-order valence-corrected chi connectivity index (χ4v) is 3.29. The highest BCUT2D eigenvalue weighted by Gasteiger charge is 2.26. The van der Waals surface area contributed by atoms with E-state index in [4.69, 9.17) is 14.6 Å². The Bertz CT molecular complexity index is 731. The summed E-state index contributed by atoms with van der Waals surface area (Å²) in [6, 6.07) is 11.0. The average Bonchev–Trinajstić information content (AvgIpc) is 3.13. The van der Waals surface area contributed by atoms with E-state index in [9.17, 15) is 9.59 Å². The predicted octanol–water partition coefficient (Wildman–Crippen LogP) is 2.64. The van der Waals surface area contributed by atoms with Gasteiger partial charge in [-0.2, -0.15) is 0 Å². The molecule has 3 rings (SSSR count). The lowest BCUT2D eigenvalue weighted by molar-refractivity contribution is -0.141. The number of aliphatic carboxylic acids is 1. The van der Waals surface area contributed by atoms with Crippen LogP contribution in [-0.2, 0) is 16.1 Å². The quantitative estimate of drug-likeness (QED) is 0.856. The van der Waals surface area contributed by atoms with E-state index < -0.39 is 12.1 Å². The van der Waals surface area contributed by atoms with Crippen LogP contribution in [0.5, 0.6) is 5.75 Å². The predicted molar refractivity (Wildman–Crippen MR) is 93.0 cm³/mol. The number of carboxylic acids is 1. The second-order valence-electron chi connectivity index (χ2n) is 5.74. The topological polar surface area (TPSA) is 76.1 Å². The molecule has 0 aliphatic carbocycles. The van der Waals surface area contributed by atoms with Gasteiger partial charge in [0.2, 0.25) is 0 Å². The minimum Gasteiger partial charge on any atom is -0.488 e. The zero-order chi connectivity index (χ0) is 17.6. The van der Waals surface area contributed by atoms with Crippen LogP contribution in [0.15, 0.2) is 41.8 Å². The number of hydrogen-bond donors (Lipinski definition) is 1. The maximum absolute atomic E-state index is 12.7. The first-order chi connectivity index (χ1) is 12.1. The number of hydrogen-bond acceptors (Lipinski definition) is 5. The van der Waals surface area contributed by atoms with Crippen molar-refractivity contribution in [3.05, 3.63) is 52.2 Å². The van der Waals surface area contributed by atoms with Gasteiger partial charge in [-0.1, -0.05) is 12.1 Å². The molecule has 1 fully saturated rings. The van der Waals surface area contributed by atoms with E-state index >= 15 is 0 Å². The Morgan fingerprint density at radius 1 is 1.32 bits per heavy atom. The molecule has 0 radical (unpaired) electrons. The third kappa shape index (κ3) is 4.80. The highest BCUT2D eigenvalue weighted by molar-refractivity contribution is 7.09. The molecule has 0 saturated carbocycles. The molecular weight excluding hydrogens is 342 g/mol. The molecule has 1 saturated heterocycles. The molecule has 0 unspecified atom stereocenters. The highest BCUT2D eigenvalue weighted by Crippen LogP contribution is 2.19. The number of morpholine rings is 1. The molecule has 6 nitrogen and oxygen atoms in total. The van der Waals surface area contributed by atoms with Crippen molar-refractivity contribution < 1.29 is 24.2 Å². The maximum Gasteiger partial charge on any atom is 0.306 e. The largest absolute Gasteiger partial charge is 0.488 e. The van der Waals surface area contributed by atoms with Crippen molar-refractivity contribution in [2.45, 2.75) is 19.1 Å². The summed E-state index contributed by atoms with van der Waals surface area (Å²) in [4.78, 5) is 26.3. The van der Waals surface area contributed by atoms with Crippen LogP contribution in [0.3, 0.4) is 0 Å². The number of carbonyl (C=O) groups is 2. The van der Waals surface area contributed by atoms with E-state index in [-0.39, 0.29) is 18.9 Å². The van der Waals surface area contributed by atoms with Crippen molar-refractivity contribution in [3.63, 3.8) is 0 Å². The molecule has 1 aromatic carbocycles. The van der Waals surface area contributed by atoms with Crippen molar-refractivity contribution in [1.82, 2.24) is 4.90 Å². The fraction of sp³-hybridized carbons (Fsp3) is 0.333. The third-order valence-corrected chi connectivity index (χ3v) is 4.72. The Morgan fingerprint density at radius 2 is 2.20 bits per heavy atom. The fourth-order valence-electron chi connectivity index (χ4n) is 2.67. The van der Waals surface area contributed by atoms with E-state index in [2.05, 4.69) is 0 Å². The number of thiophene rings is 1. The number of carboxylic acid groups (broad SMARTS) is 1. The van der Waals surface area contributed by atoms with E-state index in [0.717, 1.165) is 4.88 Å². The van der Waals surface area contributed by atoms with Gasteiger partial charge in [-0.25, -0.2) is 0 Å². The van der Waals surface area contributed by atoms with Crippen molar-refractivity contribution in [1.29, 1.82) is 0 Å². The summed E-state index contributed by atoms with van der Waals surface area (Å²) >= 11 is 1.62. The number of ether oxygens (including phenoxy) is 2. The number of carbonyl (C=O) groups excluding carboxylic acids is 1. The molecule has 1 amide bonds. The van der Waals surface area contributed by atoms with Crippen LogP contribution in [0.25, 0.3) is 0 Å². The summed E-state index contributed by atoms with van der Waals surface area (Å²) in [5.74, 6) is -0.432. The van der Waals surface area contributed by atoms with Gasteiger partial charge >= 0.3 is 5.97 Å². The molecule has 1 aliphatic heterocycles. The summed E-state index contributed by atoms with van der Waals surface area (Å²) in [7, 11) is 0. The van der Waals surface area contributed by atoms with E-state index in [1.807, 2.05) is 23.6 Å². The molecule has 0 spiro atoms. The van der Waals surface area contributed by atoms with Crippen LogP contribution >= 0.6 is 11.3 Å². The molecular formula is C18H19NO5S. The van der Waals surface area contributed by atoms with Gasteiger partial charge in [0.1, 0.15) is 12.4 Å². The summed E-state index contributed by atoms with van der Waals surface area (Å²) in [5, 5.41) is 10.9. The summed E-state index contributed by atoms with van der Waals surface area (Å²) in [5.41, 5.74) is 0.527. The lowest BCUT2D eigenvalue weighted by Crippen LogP contribution is -2.46. The van der Waals surface area contributed by atoms with Gasteiger partial charge in [-0.05, 0) is 29.6 Å². The van der Waals surface area contributed by atoms with Crippen molar-refractivity contribution in [2.75, 3.05) is 19.7 Å². The van der Waals surface area contributed by atoms with Gasteiger partial charge in [0.25, 0.3) is 5.91 Å². The van der Waals surface area contributed by atoms with Crippen LogP contribution in [0.2, 0.25) is 0 Å². The lowest BCUT2D eigenvalue weighted by Gasteiger charge is -2.32. The molecule has 1 N–H and O–H groups in total. The van der Waals surface area contributed by atoms with E-state index in [0.29, 0.717) is 31.1 Å². The number of amides is 1. The lowest BCUT2D eigenvalue weighted by atomic mass is 10.1. The van der Waals surface area contributed by atoms with Crippen molar-refractivity contribution >= 4 is 23.2 Å². The van der Waals surface area contributed by atoms with Gasteiger partial charge < -0.3 is 19.5 Å². The Morgan fingerprint density at radius 3 is 2.96 bits per heavy atom. The van der Waals surface area contributed by atoms with Gasteiger partial charge in [0.15, 0.2) is 0 Å². The van der Waals surface area contributed by atoms with Crippen LogP contribution in [0, 0.1) is 0 Å². The molecule has 2 aromatic rings. The molecule has 25 heavy (non-hydrogen) atoms. The minimum absolute atomic E-state index is 0.103. The molecule has 0 bridgehead atoms. The van der Waals surface area contributed by atoms with Crippen LogP contribution in [0.1, 0.15) is 21.7 Å². The molecule has 1 atom stereocenters. The third-order valence-electron chi connectivity index (χ3n) is 3.87.